The number of ether oxygens (including phenoxy) is 1. The molecule has 86 valence electrons. The molecule has 0 aliphatic heterocycles. The molecule has 1 aromatic rings. The van der Waals surface area contributed by atoms with Gasteiger partial charge in [0.2, 0.25) is 0 Å². The second-order valence-electron chi connectivity index (χ2n) is 4.47. The zero-order valence-electron chi connectivity index (χ0n) is 10.1. The van der Waals surface area contributed by atoms with Gasteiger partial charge in [-0.25, -0.2) is 0 Å². The van der Waals surface area contributed by atoms with Crippen molar-refractivity contribution in [1.82, 2.24) is 9.78 Å². The Morgan fingerprint density at radius 1 is 1.60 bits per heavy atom. The molecule has 4 heteroatoms. The molecule has 0 aromatic carbocycles. The Bertz CT molecular complexity index is 331. The summed E-state index contributed by atoms with van der Waals surface area (Å²) in [5.41, 5.74) is 0.561. The van der Waals surface area contributed by atoms with Gasteiger partial charge in [0, 0.05) is 7.05 Å². The molecule has 0 bridgehead atoms. The predicted molar refractivity (Wildman–Crippen MR) is 58.8 cm³/mol. The van der Waals surface area contributed by atoms with Crippen molar-refractivity contribution in [1.29, 1.82) is 0 Å². The van der Waals surface area contributed by atoms with Crippen molar-refractivity contribution in [3.8, 4) is 5.75 Å². The van der Waals surface area contributed by atoms with Crippen LogP contribution in [-0.2, 0) is 7.05 Å². The number of aliphatic hydroxyl groups excluding tert-OH is 1. The Kier molecular flexibility index (Phi) is 3.39. The zero-order chi connectivity index (χ0) is 11.6. The number of rotatable bonds is 4. The Balaban J connectivity index is 3.09. The highest BCUT2D eigenvalue weighted by Gasteiger charge is 2.31. The molecule has 1 N–H and O–H groups in total. The van der Waals surface area contributed by atoms with E-state index in [-0.39, 0.29) is 5.41 Å². The molecule has 1 aromatic heterocycles. The summed E-state index contributed by atoms with van der Waals surface area (Å²) in [6, 6.07) is 0. The van der Waals surface area contributed by atoms with Crippen LogP contribution >= 0.6 is 0 Å². The van der Waals surface area contributed by atoms with E-state index in [2.05, 4.69) is 12.0 Å². The maximum Gasteiger partial charge on any atom is 0.162 e. The molecule has 0 aliphatic rings. The molecular weight excluding hydrogens is 192 g/mol. The average molecular weight is 212 g/mol. The molecule has 15 heavy (non-hydrogen) atoms. The van der Waals surface area contributed by atoms with Crippen LogP contribution in [0, 0.1) is 5.41 Å². The lowest BCUT2D eigenvalue weighted by atomic mass is 9.82. The number of hydrogen-bond donors (Lipinski definition) is 1. The Morgan fingerprint density at radius 3 is 2.67 bits per heavy atom. The largest absolute Gasteiger partial charge is 0.493 e. The standard InChI is InChI=1S/C11H20N2O2/c1-6-11(2,3)10(14)9-8(15-5)7-12-13(9)4/h7,10,14H,6H2,1-5H3. The maximum absolute atomic E-state index is 10.3. The SMILES string of the molecule is CCC(C)(C)C(O)c1c(OC)cnn1C. The van der Waals surface area contributed by atoms with Gasteiger partial charge in [0.05, 0.1) is 13.3 Å². The van der Waals surface area contributed by atoms with Gasteiger partial charge in [-0.1, -0.05) is 20.8 Å². The van der Waals surface area contributed by atoms with E-state index in [1.54, 1.807) is 18.0 Å². The molecule has 0 fully saturated rings. The predicted octanol–water partition coefficient (Wildman–Crippen LogP) is 1.90. The Morgan fingerprint density at radius 2 is 2.20 bits per heavy atom. The van der Waals surface area contributed by atoms with Gasteiger partial charge < -0.3 is 9.84 Å². The monoisotopic (exact) mass is 212 g/mol. The molecule has 1 heterocycles. The van der Waals surface area contributed by atoms with Gasteiger partial charge in [-0.3, -0.25) is 4.68 Å². The number of aliphatic hydroxyl groups is 1. The van der Waals surface area contributed by atoms with E-state index in [1.807, 2.05) is 20.9 Å². The minimum Gasteiger partial charge on any atom is -0.493 e. The average Bonchev–Trinajstić information content (AvgIpc) is 2.58. The number of nitrogens with zero attached hydrogens (tertiary/aromatic N) is 2. The molecule has 0 saturated heterocycles. The van der Waals surface area contributed by atoms with Crippen LogP contribution in [0.4, 0.5) is 0 Å². The van der Waals surface area contributed by atoms with Crippen molar-refractivity contribution in [2.75, 3.05) is 7.11 Å². The summed E-state index contributed by atoms with van der Waals surface area (Å²) in [6.07, 6.45) is 1.96. The quantitative estimate of drug-likeness (QED) is 0.829. The van der Waals surface area contributed by atoms with Crippen LogP contribution in [-0.4, -0.2) is 22.0 Å². The normalized spacial score (nSPS) is 14.0. The van der Waals surface area contributed by atoms with Crippen molar-refractivity contribution in [3.63, 3.8) is 0 Å². The van der Waals surface area contributed by atoms with Crippen LogP contribution in [0.5, 0.6) is 5.75 Å². The molecule has 0 aliphatic carbocycles. The lowest BCUT2D eigenvalue weighted by molar-refractivity contribution is 0.0379. The summed E-state index contributed by atoms with van der Waals surface area (Å²) in [6.45, 7) is 6.13. The fourth-order valence-electron chi connectivity index (χ4n) is 1.46. The lowest BCUT2D eigenvalue weighted by Crippen LogP contribution is -2.23. The summed E-state index contributed by atoms with van der Waals surface area (Å²) in [7, 11) is 3.40. The molecular formula is C11H20N2O2. The van der Waals surface area contributed by atoms with Crippen molar-refractivity contribution in [3.05, 3.63) is 11.9 Å². The molecule has 1 atom stereocenters. The fraction of sp³-hybridized carbons (Fsp3) is 0.727. The summed E-state index contributed by atoms with van der Waals surface area (Å²) in [5, 5.41) is 14.4. The van der Waals surface area contributed by atoms with E-state index >= 15 is 0 Å². The van der Waals surface area contributed by atoms with Gasteiger partial charge in [-0.15, -0.1) is 0 Å². The van der Waals surface area contributed by atoms with Gasteiger partial charge in [0.1, 0.15) is 11.8 Å². The van der Waals surface area contributed by atoms with Gasteiger partial charge >= 0.3 is 0 Å². The van der Waals surface area contributed by atoms with Gasteiger partial charge in [0.25, 0.3) is 0 Å². The smallest absolute Gasteiger partial charge is 0.162 e. The summed E-state index contributed by atoms with van der Waals surface area (Å²) in [5.74, 6) is 0.645. The summed E-state index contributed by atoms with van der Waals surface area (Å²) >= 11 is 0. The first-order chi connectivity index (χ1) is 6.94. The first-order valence-electron chi connectivity index (χ1n) is 5.18. The summed E-state index contributed by atoms with van der Waals surface area (Å²) in [4.78, 5) is 0. The second kappa shape index (κ2) is 4.23. The Hall–Kier alpha value is -1.03. The molecule has 1 unspecified atom stereocenters. The van der Waals surface area contributed by atoms with E-state index in [0.29, 0.717) is 5.75 Å². The molecule has 0 saturated carbocycles. The van der Waals surface area contributed by atoms with Crippen LogP contribution in [0.2, 0.25) is 0 Å². The Labute approximate surface area is 90.9 Å². The number of aromatic nitrogens is 2. The topological polar surface area (TPSA) is 47.3 Å². The third-order valence-corrected chi connectivity index (χ3v) is 3.08. The first kappa shape index (κ1) is 12.0. The maximum atomic E-state index is 10.3. The van der Waals surface area contributed by atoms with Crippen LogP contribution in [0.25, 0.3) is 0 Å². The molecule has 0 radical (unpaired) electrons. The first-order valence-corrected chi connectivity index (χ1v) is 5.18. The number of methoxy groups -OCH3 is 1. The minimum absolute atomic E-state index is 0.179. The highest BCUT2D eigenvalue weighted by molar-refractivity contribution is 5.28. The molecule has 0 amide bonds. The number of hydrogen-bond acceptors (Lipinski definition) is 3. The van der Waals surface area contributed by atoms with Crippen molar-refractivity contribution >= 4 is 0 Å². The van der Waals surface area contributed by atoms with Crippen molar-refractivity contribution < 1.29 is 9.84 Å². The summed E-state index contributed by atoms with van der Waals surface area (Å²) < 4.78 is 6.85. The lowest BCUT2D eigenvalue weighted by Gasteiger charge is -2.29. The van der Waals surface area contributed by atoms with E-state index in [0.717, 1.165) is 12.1 Å². The van der Waals surface area contributed by atoms with E-state index in [1.165, 1.54) is 0 Å². The highest BCUT2D eigenvalue weighted by atomic mass is 16.5. The molecule has 0 spiro atoms. The van der Waals surface area contributed by atoms with Crippen LogP contribution in [0.1, 0.15) is 39.0 Å². The van der Waals surface area contributed by atoms with Gasteiger partial charge in [-0.05, 0) is 11.8 Å². The van der Waals surface area contributed by atoms with Crippen LogP contribution < -0.4 is 4.74 Å². The van der Waals surface area contributed by atoms with Gasteiger partial charge in [-0.2, -0.15) is 5.10 Å². The van der Waals surface area contributed by atoms with E-state index in [9.17, 15) is 5.11 Å². The van der Waals surface area contributed by atoms with Gasteiger partial charge in [0.15, 0.2) is 5.75 Å². The number of aryl methyl sites for hydroxylation is 1. The second-order valence-corrected chi connectivity index (χ2v) is 4.47. The third kappa shape index (κ3) is 2.15. The molecule has 1 rings (SSSR count). The third-order valence-electron chi connectivity index (χ3n) is 3.08. The molecule has 4 nitrogen and oxygen atoms in total. The van der Waals surface area contributed by atoms with Crippen molar-refractivity contribution in [2.24, 2.45) is 12.5 Å². The van der Waals surface area contributed by atoms with Crippen LogP contribution in [0.3, 0.4) is 0 Å². The fourth-order valence-corrected chi connectivity index (χ4v) is 1.46. The van der Waals surface area contributed by atoms with Crippen LogP contribution in [0.15, 0.2) is 6.20 Å². The van der Waals surface area contributed by atoms with E-state index in [4.69, 9.17) is 4.74 Å². The van der Waals surface area contributed by atoms with E-state index < -0.39 is 6.10 Å². The minimum atomic E-state index is -0.565. The van der Waals surface area contributed by atoms with Crippen molar-refractivity contribution in [2.45, 2.75) is 33.3 Å². The highest BCUT2D eigenvalue weighted by Crippen LogP contribution is 2.39. The zero-order valence-corrected chi connectivity index (χ0v) is 10.1.